The van der Waals surface area contributed by atoms with Crippen molar-refractivity contribution < 1.29 is 4.74 Å². The summed E-state index contributed by atoms with van der Waals surface area (Å²) in [7, 11) is 1.69. The largest absolute Gasteiger partial charge is 0.384 e. The third-order valence-electron chi connectivity index (χ3n) is 3.00. The van der Waals surface area contributed by atoms with Crippen LogP contribution in [-0.2, 0) is 17.6 Å². The lowest BCUT2D eigenvalue weighted by Gasteiger charge is -2.25. The molecular weight excluding hydrogens is 350 g/mol. The van der Waals surface area contributed by atoms with Gasteiger partial charge in [-0.15, -0.1) is 0 Å². The Morgan fingerprint density at radius 3 is 2.67 bits per heavy atom. The van der Waals surface area contributed by atoms with Crippen molar-refractivity contribution in [3.8, 4) is 0 Å². The summed E-state index contributed by atoms with van der Waals surface area (Å²) < 4.78 is 10.5. The molecule has 0 spiro atoms. The average Bonchev–Trinajstić information content (AvgIpc) is 2.85. The van der Waals surface area contributed by atoms with E-state index >= 15 is 0 Å². The standard InChI is InChI=1S/C15H20BrN3OS/c1-15(2,10-11-4-6-12(16)7-5-11)18-14-17-13(19-21-14)8-9-20-3/h4-7H,8-10H2,1-3H3,(H,17,18,19). The highest BCUT2D eigenvalue weighted by molar-refractivity contribution is 9.10. The molecule has 0 saturated carbocycles. The molecule has 0 bridgehead atoms. The van der Waals surface area contributed by atoms with Gasteiger partial charge in [-0.3, -0.25) is 0 Å². The highest BCUT2D eigenvalue weighted by atomic mass is 79.9. The van der Waals surface area contributed by atoms with E-state index in [1.54, 1.807) is 7.11 Å². The lowest BCUT2D eigenvalue weighted by molar-refractivity contribution is 0.201. The molecule has 6 heteroatoms. The Labute approximate surface area is 138 Å². The van der Waals surface area contributed by atoms with Crippen LogP contribution in [-0.4, -0.2) is 28.6 Å². The molecule has 4 nitrogen and oxygen atoms in total. The second kappa shape index (κ2) is 7.33. The molecule has 0 radical (unpaired) electrons. The van der Waals surface area contributed by atoms with Crippen molar-refractivity contribution in [1.82, 2.24) is 9.36 Å². The zero-order valence-corrected chi connectivity index (χ0v) is 14.9. The topological polar surface area (TPSA) is 47.0 Å². The van der Waals surface area contributed by atoms with Crippen molar-refractivity contribution in [3.05, 3.63) is 40.1 Å². The van der Waals surface area contributed by atoms with Gasteiger partial charge in [0.2, 0.25) is 5.13 Å². The minimum Gasteiger partial charge on any atom is -0.384 e. The van der Waals surface area contributed by atoms with E-state index in [9.17, 15) is 0 Å². The predicted octanol–water partition coefficient (Wildman–Crippen LogP) is 3.92. The van der Waals surface area contributed by atoms with Crippen LogP contribution in [0.25, 0.3) is 0 Å². The Kier molecular flexibility index (Phi) is 5.72. The molecular formula is C15H20BrN3OS. The smallest absolute Gasteiger partial charge is 0.202 e. The minimum atomic E-state index is -0.0775. The molecule has 0 saturated heterocycles. The number of nitrogens with one attached hydrogen (secondary N) is 1. The molecule has 0 amide bonds. The Morgan fingerprint density at radius 1 is 1.29 bits per heavy atom. The number of hydrogen-bond donors (Lipinski definition) is 1. The fourth-order valence-corrected chi connectivity index (χ4v) is 3.10. The maximum absolute atomic E-state index is 5.04. The fourth-order valence-electron chi connectivity index (χ4n) is 2.05. The number of aromatic nitrogens is 2. The molecule has 0 aliphatic heterocycles. The van der Waals surface area contributed by atoms with Gasteiger partial charge in [0.1, 0.15) is 5.82 Å². The monoisotopic (exact) mass is 369 g/mol. The van der Waals surface area contributed by atoms with Crippen LogP contribution in [0.2, 0.25) is 0 Å². The molecule has 1 N–H and O–H groups in total. The number of methoxy groups -OCH3 is 1. The van der Waals surface area contributed by atoms with Crippen LogP contribution in [0.1, 0.15) is 25.2 Å². The molecule has 21 heavy (non-hydrogen) atoms. The van der Waals surface area contributed by atoms with Crippen molar-refractivity contribution in [1.29, 1.82) is 0 Å². The molecule has 0 unspecified atom stereocenters. The van der Waals surface area contributed by atoms with Gasteiger partial charge in [-0.2, -0.15) is 4.37 Å². The van der Waals surface area contributed by atoms with Gasteiger partial charge >= 0.3 is 0 Å². The summed E-state index contributed by atoms with van der Waals surface area (Å²) in [4.78, 5) is 4.50. The first-order valence-corrected chi connectivity index (χ1v) is 8.39. The lowest BCUT2D eigenvalue weighted by Crippen LogP contribution is -2.33. The Morgan fingerprint density at radius 2 is 2.00 bits per heavy atom. The van der Waals surface area contributed by atoms with Crippen LogP contribution < -0.4 is 5.32 Å². The number of nitrogens with zero attached hydrogens (tertiary/aromatic N) is 2. The Bertz CT molecular complexity index is 569. The summed E-state index contributed by atoms with van der Waals surface area (Å²) in [6.45, 7) is 5.00. The molecule has 0 fully saturated rings. The average molecular weight is 370 g/mol. The highest BCUT2D eigenvalue weighted by Gasteiger charge is 2.20. The number of rotatable bonds is 7. The molecule has 1 heterocycles. The molecule has 2 rings (SSSR count). The number of halogens is 1. The first-order chi connectivity index (χ1) is 9.98. The van der Waals surface area contributed by atoms with Crippen LogP contribution in [0.5, 0.6) is 0 Å². The van der Waals surface area contributed by atoms with E-state index < -0.39 is 0 Å². The van der Waals surface area contributed by atoms with Crippen molar-refractivity contribution in [2.24, 2.45) is 0 Å². The summed E-state index contributed by atoms with van der Waals surface area (Å²) in [5.74, 6) is 0.837. The third-order valence-corrected chi connectivity index (χ3v) is 4.20. The summed E-state index contributed by atoms with van der Waals surface area (Å²) in [5.41, 5.74) is 1.21. The van der Waals surface area contributed by atoms with Crippen LogP contribution in [0.4, 0.5) is 5.13 Å². The first-order valence-electron chi connectivity index (χ1n) is 6.83. The van der Waals surface area contributed by atoms with Crippen molar-refractivity contribution >= 4 is 32.6 Å². The Balaban J connectivity index is 1.96. The third kappa shape index (κ3) is 5.37. The van der Waals surface area contributed by atoms with Gasteiger partial charge in [0, 0.05) is 35.1 Å². The van der Waals surface area contributed by atoms with E-state index in [4.69, 9.17) is 4.74 Å². The lowest BCUT2D eigenvalue weighted by atomic mass is 9.95. The van der Waals surface area contributed by atoms with E-state index in [0.717, 1.165) is 28.3 Å². The van der Waals surface area contributed by atoms with Crippen molar-refractivity contribution in [2.45, 2.75) is 32.2 Å². The van der Waals surface area contributed by atoms with E-state index in [-0.39, 0.29) is 5.54 Å². The maximum Gasteiger partial charge on any atom is 0.202 e. The summed E-state index contributed by atoms with van der Waals surface area (Å²) >= 11 is 4.86. The van der Waals surface area contributed by atoms with Crippen LogP contribution in [0.3, 0.4) is 0 Å². The molecule has 1 aromatic heterocycles. The second-order valence-electron chi connectivity index (χ2n) is 5.57. The highest BCUT2D eigenvalue weighted by Crippen LogP contribution is 2.22. The normalized spacial score (nSPS) is 11.6. The fraction of sp³-hybridized carbons (Fsp3) is 0.467. The van der Waals surface area contributed by atoms with E-state index in [1.165, 1.54) is 17.1 Å². The van der Waals surface area contributed by atoms with Gasteiger partial charge in [0.05, 0.1) is 6.61 Å². The molecule has 0 aliphatic carbocycles. The van der Waals surface area contributed by atoms with Gasteiger partial charge in [0.15, 0.2) is 0 Å². The first kappa shape index (κ1) is 16.4. The van der Waals surface area contributed by atoms with Crippen LogP contribution >= 0.6 is 27.5 Å². The van der Waals surface area contributed by atoms with E-state index in [2.05, 4.69) is 68.7 Å². The quantitative estimate of drug-likeness (QED) is 0.803. The number of benzene rings is 1. The zero-order valence-electron chi connectivity index (χ0n) is 12.5. The molecule has 0 atom stereocenters. The van der Waals surface area contributed by atoms with Crippen LogP contribution in [0.15, 0.2) is 28.7 Å². The minimum absolute atomic E-state index is 0.0775. The molecule has 2 aromatic rings. The molecule has 114 valence electrons. The van der Waals surface area contributed by atoms with Gasteiger partial charge in [0.25, 0.3) is 0 Å². The summed E-state index contributed by atoms with van der Waals surface area (Å²) in [6, 6.07) is 8.41. The van der Waals surface area contributed by atoms with Gasteiger partial charge in [-0.25, -0.2) is 4.98 Å². The predicted molar refractivity (Wildman–Crippen MR) is 91.0 cm³/mol. The van der Waals surface area contributed by atoms with Gasteiger partial charge < -0.3 is 10.1 Å². The number of anilines is 1. The van der Waals surface area contributed by atoms with Gasteiger partial charge in [-0.1, -0.05) is 28.1 Å². The van der Waals surface area contributed by atoms with E-state index in [1.807, 2.05) is 0 Å². The second-order valence-corrected chi connectivity index (χ2v) is 7.24. The van der Waals surface area contributed by atoms with Crippen molar-refractivity contribution in [3.63, 3.8) is 0 Å². The zero-order chi connectivity index (χ0) is 15.3. The number of ether oxygens (including phenoxy) is 1. The Hall–Kier alpha value is -0.980. The van der Waals surface area contributed by atoms with Crippen LogP contribution in [0, 0.1) is 0 Å². The number of hydrogen-bond acceptors (Lipinski definition) is 5. The van der Waals surface area contributed by atoms with Gasteiger partial charge in [-0.05, 0) is 38.0 Å². The SMILES string of the molecule is COCCc1nsc(NC(C)(C)Cc2ccc(Br)cc2)n1. The summed E-state index contributed by atoms with van der Waals surface area (Å²) in [6.07, 6.45) is 1.68. The van der Waals surface area contributed by atoms with E-state index in [0.29, 0.717) is 6.61 Å². The molecule has 0 aliphatic rings. The summed E-state index contributed by atoms with van der Waals surface area (Å²) in [5, 5.41) is 4.33. The maximum atomic E-state index is 5.04. The van der Waals surface area contributed by atoms with Crippen molar-refractivity contribution in [2.75, 3.05) is 19.0 Å². The molecule has 1 aromatic carbocycles.